The molecule has 2 aromatic carbocycles. The number of nitrogens with one attached hydrogen (secondary N) is 1. The molecule has 0 spiro atoms. The van der Waals surface area contributed by atoms with Crippen LogP contribution in [0.5, 0.6) is 11.5 Å². The average molecular weight is 350 g/mol. The maximum Gasteiger partial charge on any atom is 0.331 e. The molecule has 0 unspecified atom stereocenters. The van der Waals surface area contributed by atoms with Crippen LogP contribution in [0.4, 0.5) is 4.79 Å². The molecule has 0 radical (unpaired) electrons. The van der Waals surface area contributed by atoms with Gasteiger partial charge in [-0.2, -0.15) is 0 Å². The van der Waals surface area contributed by atoms with Crippen LogP contribution in [0.2, 0.25) is 0 Å². The van der Waals surface area contributed by atoms with Crippen LogP contribution in [-0.2, 0) is 16.1 Å². The first-order valence-electron chi connectivity index (χ1n) is 7.94. The van der Waals surface area contributed by atoms with Crippen LogP contribution < -0.4 is 14.8 Å². The number of amides is 4. The van der Waals surface area contributed by atoms with Crippen LogP contribution in [0.15, 0.2) is 54.1 Å². The molecule has 1 fully saturated rings. The van der Waals surface area contributed by atoms with E-state index in [0.717, 1.165) is 10.5 Å². The Balaban J connectivity index is 1.63. The van der Waals surface area contributed by atoms with Gasteiger partial charge in [0.25, 0.3) is 11.8 Å². The number of ether oxygens (including phenoxy) is 2. The molecule has 7 heteroatoms. The lowest BCUT2D eigenvalue weighted by molar-refractivity contribution is -0.130. The first-order chi connectivity index (χ1) is 12.6. The monoisotopic (exact) mass is 350 g/mol. The molecule has 7 nitrogen and oxygen atoms in total. The highest BCUT2D eigenvalue weighted by Gasteiger charge is 2.35. The topological polar surface area (TPSA) is 84.9 Å². The number of carbonyl (C=O) groups excluding carboxylic acids is 3. The molecule has 2 aliphatic rings. The Kier molecular flexibility index (Phi) is 3.89. The predicted molar refractivity (Wildman–Crippen MR) is 91.1 cm³/mol. The van der Waals surface area contributed by atoms with Crippen molar-refractivity contribution in [1.29, 1.82) is 0 Å². The number of carbonyl (C=O) groups is 3. The average Bonchev–Trinajstić information content (AvgIpc) is 3.11. The van der Waals surface area contributed by atoms with Crippen molar-refractivity contribution in [3.8, 4) is 11.5 Å². The molecule has 2 aromatic rings. The molecule has 4 rings (SSSR count). The quantitative estimate of drug-likeness (QED) is 0.677. The highest BCUT2D eigenvalue weighted by Crippen LogP contribution is 2.33. The van der Waals surface area contributed by atoms with Gasteiger partial charge in [-0.3, -0.25) is 19.8 Å². The van der Waals surface area contributed by atoms with Gasteiger partial charge in [0.2, 0.25) is 6.79 Å². The first kappa shape index (κ1) is 15.9. The van der Waals surface area contributed by atoms with Crippen LogP contribution in [0.25, 0.3) is 6.08 Å². The summed E-state index contributed by atoms with van der Waals surface area (Å²) < 4.78 is 10.5. The Morgan fingerprint density at radius 2 is 1.77 bits per heavy atom. The number of urea groups is 1. The Morgan fingerprint density at radius 3 is 2.58 bits per heavy atom. The summed E-state index contributed by atoms with van der Waals surface area (Å²) in [6.45, 7) is 0.214. The van der Waals surface area contributed by atoms with E-state index in [-0.39, 0.29) is 18.9 Å². The summed E-state index contributed by atoms with van der Waals surface area (Å²) in [7, 11) is 0. The molecular weight excluding hydrogens is 336 g/mol. The van der Waals surface area contributed by atoms with Gasteiger partial charge in [0.15, 0.2) is 11.5 Å². The van der Waals surface area contributed by atoms with Crippen LogP contribution in [0.3, 0.4) is 0 Å². The highest BCUT2D eigenvalue weighted by atomic mass is 16.7. The number of imide groups is 2. The van der Waals surface area contributed by atoms with Crippen molar-refractivity contribution in [2.75, 3.05) is 6.79 Å². The van der Waals surface area contributed by atoms with Gasteiger partial charge in [0, 0.05) is 0 Å². The Bertz CT molecular complexity index is 936. The number of hydrogen-bond acceptors (Lipinski definition) is 5. The van der Waals surface area contributed by atoms with Crippen LogP contribution >= 0.6 is 0 Å². The van der Waals surface area contributed by atoms with E-state index < -0.39 is 17.8 Å². The highest BCUT2D eigenvalue weighted by molar-refractivity contribution is 6.30. The van der Waals surface area contributed by atoms with E-state index in [4.69, 9.17) is 9.47 Å². The molecule has 1 saturated heterocycles. The van der Waals surface area contributed by atoms with Gasteiger partial charge in [0.05, 0.1) is 6.54 Å². The minimum atomic E-state index is -0.730. The SMILES string of the molecule is O=C1NC(=O)N(Cc2ccccc2)C(=O)C1=Cc1ccc2c(c1)OCO2. The third kappa shape index (κ3) is 2.90. The van der Waals surface area contributed by atoms with Crippen LogP contribution in [-0.4, -0.2) is 29.5 Å². The maximum absolute atomic E-state index is 12.7. The Hall–Kier alpha value is -3.61. The normalized spacial score (nSPS) is 17.6. The summed E-state index contributed by atoms with van der Waals surface area (Å²) in [4.78, 5) is 37.9. The molecule has 0 saturated carbocycles. The molecule has 0 aliphatic carbocycles. The minimum Gasteiger partial charge on any atom is -0.454 e. The van der Waals surface area contributed by atoms with Crippen LogP contribution in [0, 0.1) is 0 Å². The van der Waals surface area contributed by atoms with Gasteiger partial charge in [-0.15, -0.1) is 0 Å². The van der Waals surface area contributed by atoms with Gasteiger partial charge < -0.3 is 9.47 Å². The molecule has 0 atom stereocenters. The van der Waals surface area contributed by atoms with Crippen molar-refractivity contribution in [3.05, 3.63) is 65.2 Å². The fraction of sp³-hybridized carbons (Fsp3) is 0.105. The zero-order valence-electron chi connectivity index (χ0n) is 13.6. The zero-order valence-corrected chi connectivity index (χ0v) is 13.6. The van der Waals surface area contributed by atoms with E-state index in [1.54, 1.807) is 30.3 Å². The van der Waals surface area contributed by atoms with E-state index in [9.17, 15) is 14.4 Å². The third-order valence-corrected chi connectivity index (χ3v) is 4.08. The van der Waals surface area contributed by atoms with Crippen molar-refractivity contribution in [1.82, 2.24) is 10.2 Å². The zero-order chi connectivity index (χ0) is 18.1. The van der Waals surface area contributed by atoms with Gasteiger partial charge >= 0.3 is 6.03 Å². The van der Waals surface area contributed by atoms with Gasteiger partial charge in [-0.1, -0.05) is 36.4 Å². The molecule has 2 heterocycles. The summed E-state index contributed by atoms with van der Waals surface area (Å²) >= 11 is 0. The fourth-order valence-corrected chi connectivity index (χ4v) is 2.77. The lowest BCUT2D eigenvalue weighted by Gasteiger charge is -2.26. The molecule has 4 amide bonds. The summed E-state index contributed by atoms with van der Waals surface area (Å²) in [6.07, 6.45) is 1.43. The fourth-order valence-electron chi connectivity index (χ4n) is 2.77. The molecule has 130 valence electrons. The predicted octanol–water partition coefficient (Wildman–Crippen LogP) is 2.08. The van der Waals surface area contributed by atoms with E-state index in [2.05, 4.69) is 5.32 Å². The molecule has 2 aliphatic heterocycles. The smallest absolute Gasteiger partial charge is 0.331 e. The second-order valence-electron chi connectivity index (χ2n) is 5.81. The largest absolute Gasteiger partial charge is 0.454 e. The summed E-state index contributed by atoms with van der Waals surface area (Å²) in [6, 6.07) is 13.4. The Labute approximate surface area is 148 Å². The third-order valence-electron chi connectivity index (χ3n) is 4.08. The van der Waals surface area contributed by atoms with E-state index >= 15 is 0 Å². The van der Waals surface area contributed by atoms with E-state index in [1.807, 2.05) is 18.2 Å². The molecule has 1 N–H and O–H groups in total. The number of fused-ring (bicyclic) bond motifs is 1. The van der Waals surface area contributed by atoms with Crippen molar-refractivity contribution < 1.29 is 23.9 Å². The van der Waals surface area contributed by atoms with Crippen molar-refractivity contribution in [2.24, 2.45) is 0 Å². The van der Waals surface area contributed by atoms with Crippen LogP contribution in [0.1, 0.15) is 11.1 Å². The number of hydrogen-bond donors (Lipinski definition) is 1. The summed E-state index contributed by atoms with van der Waals surface area (Å²) in [5.74, 6) is -0.213. The summed E-state index contributed by atoms with van der Waals surface area (Å²) in [5, 5.41) is 2.21. The van der Waals surface area contributed by atoms with Crippen molar-refractivity contribution in [2.45, 2.75) is 6.54 Å². The molecule has 26 heavy (non-hydrogen) atoms. The second-order valence-corrected chi connectivity index (χ2v) is 5.81. The standard InChI is InChI=1S/C19H14N2O5/c22-17-14(8-13-6-7-15-16(9-13)26-11-25-15)18(23)21(19(24)20-17)10-12-4-2-1-3-5-12/h1-9H,10-11H2,(H,20,22,24). The molecule has 0 aromatic heterocycles. The van der Waals surface area contributed by atoms with Crippen molar-refractivity contribution >= 4 is 23.9 Å². The first-order valence-corrected chi connectivity index (χ1v) is 7.94. The number of nitrogens with zero attached hydrogens (tertiary/aromatic N) is 1. The van der Waals surface area contributed by atoms with Gasteiger partial charge in [-0.05, 0) is 29.3 Å². The van der Waals surface area contributed by atoms with Gasteiger partial charge in [0.1, 0.15) is 5.57 Å². The number of rotatable bonds is 3. The van der Waals surface area contributed by atoms with E-state index in [1.165, 1.54) is 6.08 Å². The minimum absolute atomic E-state index is 0.0806. The summed E-state index contributed by atoms with van der Waals surface area (Å²) in [5.41, 5.74) is 1.27. The number of barbiturate groups is 1. The number of benzene rings is 2. The molecular formula is C19H14N2O5. The maximum atomic E-state index is 12.7. The lowest BCUT2D eigenvalue weighted by Crippen LogP contribution is -2.53. The Morgan fingerprint density at radius 1 is 1.00 bits per heavy atom. The van der Waals surface area contributed by atoms with Crippen molar-refractivity contribution in [3.63, 3.8) is 0 Å². The van der Waals surface area contributed by atoms with Gasteiger partial charge in [-0.25, -0.2) is 4.79 Å². The lowest BCUT2D eigenvalue weighted by atomic mass is 10.1. The molecule has 0 bridgehead atoms. The van der Waals surface area contributed by atoms with E-state index in [0.29, 0.717) is 17.1 Å². The second kappa shape index (κ2) is 6.36.